The van der Waals surface area contributed by atoms with E-state index < -0.39 is 37.3 Å². The summed E-state index contributed by atoms with van der Waals surface area (Å²) < 4.78 is 10.5. The Balaban J connectivity index is 2.08. The SMILES string of the molecule is OC[C@@H]1OC(Oc2ccc(O)cc2)[C@H](O)[C@@H](O)[C@@H]1O. The van der Waals surface area contributed by atoms with Gasteiger partial charge in [-0.2, -0.15) is 0 Å². The van der Waals surface area contributed by atoms with E-state index in [1.165, 1.54) is 24.3 Å². The molecule has 0 radical (unpaired) electrons. The molecule has 7 nitrogen and oxygen atoms in total. The summed E-state index contributed by atoms with van der Waals surface area (Å²) in [4.78, 5) is 0. The van der Waals surface area contributed by atoms with Crippen LogP contribution in [0.25, 0.3) is 0 Å². The van der Waals surface area contributed by atoms with E-state index in [-0.39, 0.29) is 5.75 Å². The lowest BCUT2D eigenvalue weighted by molar-refractivity contribution is -0.277. The van der Waals surface area contributed by atoms with Gasteiger partial charge in [0.25, 0.3) is 0 Å². The third-order valence-corrected chi connectivity index (χ3v) is 2.94. The van der Waals surface area contributed by atoms with Crippen LogP contribution < -0.4 is 4.74 Å². The van der Waals surface area contributed by atoms with Gasteiger partial charge in [0.2, 0.25) is 6.29 Å². The lowest BCUT2D eigenvalue weighted by atomic mass is 9.99. The summed E-state index contributed by atoms with van der Waals surface area (Å²) in [6.07, 6.45) is -6.58. The highest BCUT2D eigenvalue weighted by molar-refractivity contribution is 5.30. The number of phenols is 1. The fraction of sp³-hybridized carbons (Fsp3) is 0.500. The van der Waals surface area contributed by atoms with Crippen molar-refractivity contribution in [1.29, 1.82) is 0 Å². The highest BCUT2D eigenvalue weighted by Crippen LogP contribution is 2.25. The van der Waals surface area contributed by atoms with Crippen LogP contribution in [0.4, 0.5) is 0 Å². The molecule has 1 saturated heterocycles. The lowest BCUT2D eigenvalue weighted by Crippen LogP contribution is -2.60. The zero-order chi connectivity index (χ0) is 14.0. The predicted octanol–water partition coefficient (Wildman–Crippen LogP) is -1.43. The molecule has 0 amide bonds. The topological polar surface area (TPSA) is 120 Å². The fourth-order valence-corrected chi connectivity index (χ4v) is 1.82. The van der Waals surface area contributed by atoms with Gasteiger partial charge in [0.15, 0.2) is 0 Å². The maximum absolute atomic E-state index is 9.75. The van der Waals surface area contributed by atoms with Gasteiger partial charge in [0.05, 0.1) is 6.61 Å². The van der Waals surface area contributed by atoms with E-state index in [2.05, 4.69) is 0 Å². The Morgan fingerprint density at radius 2 is 1.63 bits per heavy atom. The van der Waals surface area contributed by atoms with Gasteiger partial charge in [-0.1, -0.05) is 0 Å². The molecule has 1 aromatic carbocycles. The van der Waals surface area contributed by atoms with Crippen LogP contribution in [0.15, 0.2) is 24.3 Å². The van der Waals surface area contributed by atoms with E-state index >= 15 is 0 Å². The summed E-state index contributed by atoms with van der Waals surface area (Å²) in [5, 5.41) is 47.1. The van der Waals surface area contributed by atoms with Crippen LogP contribution in [-0.2, 0) is 4.74 Å². The van der Waals surface area contributed by atoms with Gasteiger partial charge in [-0.3, -0.25) is 0 Å². The number of phenolic OH excluding ortho intramolecular Hbond substituents is 1. The minimum atomic E-state index is -1.48. The molecule has 1 aromatic rings. The number of aliphatic hydroxyl groups is 4. The van der Waals surface area contributed by atoms with Gasteiger partial charge in [0.1, 0.15) is 35.9 Å². The molecule has 0 saturated carbocycles. The number of ether oxygens (including phenoxy) is 2. The van der Waals surface area contributed by atoms with Gasteiger partial charge < -0.3 is 35.0 Å². The van der Waals surface area contributed by atoms with Crippen molar-refractivity contribution in [2.75, 3.05) is 6.61 Å². The van der Waals surface area contributed by atoms with E-state index in [1.54, 1.807) is 0 Å². The van der Waals surface area contributed by atoms with Crippen molar-refractivity contribution in [2.45, 2.75) is 30.7 Å². The molecule has 1 aliphatic heterocycles. The molecular formula is C12H16O7. The van der Waals surface area contributed by atoms with Gasteiger partial charge in [-0.15, -0.1) is 0 Å². The Labute approximate surface area is 109 Å². The van der Waals surface area contributed by atoms with Gasteiger partial charge in [0, 0.05) is 0 Å². The molecule has 2 rings (SSSR count). The highest BCUT2D eigenvalue weighted by atomic mass is 16.7. The average Bonchev–Trinajstić information content (AvgIpc) is 2.42. The summed E-state index contributed by atoms with van der Waals surface area (Å²) in [5.74, 6) is 0.364. The molecule has 1 heterocycles. The quantitative estimate of drug-likeness (QED) is 0.457. The van der Waals surface area contributed by atoms with Crippen LogP contribution in [0.1, 0.15) is 0 Å². The van der Waals surface area contributed by atoms with E-state index in [4.69, 9.17) is 19.7 Å². The lowest BCUT2D eigenvalue weighted by Gasteiger charge is -2.39. The average molecular weight is 272 g/mol. The molecule has 5 atom stereocenters. The van der Waals surface area contributed by atoms with E-state index in [1.807, 2.05) is 0 Å². The molecule has 0 bridgehead atoms. The van der Waals surface area contributed by atoms with Crippen molar-refractivity contribution in [2.24, 2.45) is 0 Å². The van der Waals surface area contributed by atoms with Gasteiger partial charge in [-0.25, -0.2) is 0 Å². The largest absolute Gasteiger partial charge is 0.508 e. The Kier molecular flexibility index (Phi) is 4.23. The maximum atomic E-state index is 9.75. The first-order valence-corrected chi connectivity index (χ1v) is 5.79. The molecule has 7 heteroatoms. The van der Waals surface area contributed by atoms with Crippen LogP contribution in [-0.4, -0.2) is 62.8 Å². The second-order valence-electron chi connectivity index (χ2n) is 4.31. The number of benzene rings is 1. The Hall–Kier alpha value is -1.38. The van der Waals surface area contributed by atoms with Crippen LogP contribution in [0.2, 0.25) is 0 Å². The highest BCUT2D eigenvalue weighted by Gasteiger charge is 2.44. The second-order valence-corrected chi connectivity index (χ2v) is 4.31. The molecule has 5 N–H and O–H groups in total. The summed E-state index contributed by atoms with van der Waals surface area (Å²) in [7, 11) is 0. The smallest absolute Gasteiger partial charge is 0.229 e. The zero-order valence-electron chi connectivity index (χ0n) is 9.96. The molecule has 19 heavy (non-hydrogen) atoms. The van der Waals surface area contributed by atoms with Gasteiger partial charge in [-0.05, 0) is 24.3 Å². The van der Waals surface area contributed by atoms with E-state index in [9.17, 15) is 15.3 Å². The third kappa shape index (κ3) is 2.96. The predicted molar refractivity (Wildman–Crippen MR) is 62.5 cm³/mol. The molecule has 0 spiro atoms. The first kappa shape index (κ1) is 14.0. The Morgan fingerprint density at radius 3 is 2.21 bits per heavy atom. The van der Waals surface area contributed by atoms with Crippen molar-refractivity contribution < 1.29 is 35.0 Å². The fourth-order valence-electron chi connectivity index (χ4n) is 1.82. The zero-order valence-corrected chi connectivity index (χ0v) is 9.96. The monoisotopic (exact) mass is 272 g/mol. The maximum Gasteiger partial charge on any atom is 0.229 e. The first-order chi connectivity index (χ1) is 9.02. The third-order valence-electron chi connectivity index (χ3n) is 2.94. The molecule has 1 fully saturated rings. The molecule has 0 aromatic heterocycles. The number of aliphatic hydroxyl groups excluding tert-OH is 4. The van der Waals surface area contributed by atoms with E-state index in [0.717, 1.165) is 0 Å². The standard InChI is InChI=1S/C12H16O7/c13-5-8-9(15)10(16)11(17)12(19-8)18-7-3-1-6(14)2-4-7/h1-4,8-17H,5H2/t8-,9+,10-,11+,12?/m0/s1. The van der Waals surface area contributed by atoms with Gasteiger partial charge >= 0.3 is 0 Å². The Morgan fingerprint density at radius 1 is 1.00 bits per heavy atom. The molecule has 0 aliphatic carbocycles. The second kappa shape index (κ2) is 5.72. The summed E-state index contributed by atoms with van der Waals surface area (Å²) in [6, 6.07) is 5.69. The van der Waals surface area contributed by atoms with Crippen molar-refractivity contribution in [3.05, 3.63) is 24.3 Å². The minimum absolute atomic E-state index is 0.0566. The van der Waals surface area contributed by atoms with Crippen molar-refractivity contribution in [3.63, 3.8) is 0 Å². The molecular weight excluding hydrogens is 256 g/mol. The molecule has 1 unspecified atom stereocenters. The number of hydrogen-bond donors (Lipinski definition) is 5. The summed E-state index contributed by atoms with van der Waals surface area (Å²) in [5.41, 5.74) is 0. The van der Waals surface area contributed by atoms with E-state index in [0.29, 0.717) is 5.75 Å². The molecule has 106 valence electrons. The summed E-state index contributed by atoms with van der Waals surface area (Å²) >= 11 is 0. The Bertz CT molecular complexity index is 405. The van der Waals surface area contributed by atoms with Crippen LogP contribution in [0, 0.1) is 0 Å². The van der Waals surface area contributed by atoms with Crippen LogP contribution >= 0.6 is 0 Å². The van der Waals surface area contributed by atoms with Crippen molar-refractivity contribution in [3.8, 4) is 11.5 Å². The van der Waals surface area contributed by atoms with Crippen LogP contribution in [0.3, 0.4) is 0 Å². The van der Waals surface area contributed by atoms with Crippen LogP contribution in [0.5, 0.6) is 11.5 Å². The minimum Gasteiger partial charge on any atom is -0.508 e. The van der Waals surface area contributed by atoms with Crippen molar-refractivity contribution in [1.82, 2.24) is 0 Å². The number of aromatic hydroxyl groups is 1. The number of hydrogen-bond acceptors (Lipinski definition) is 7. The number of rotatable bonds is 3. The first-order valence-electron chi connectivity index (χ1n) is 5.79. The van der Waals surface area contributed by atoms with Crippen molar-refractivity contribution >= 4 is 0 Å². The summed E-state index contributed by atoms with van der Waals surface area (Å²) in [6.45, 7) is -0.514. The molecule has 1 aliphatic rings. The normalized spacial score (nSPS) is 35.1.